The number of rotatable bonds is 4. The highest BCUT2D eigenvalue weighted by Gasteiger charge is 2.51. The number of nitrogens with zero attached hydrogens (tertiary/aromatic N) is 3. The van der Waals surface area contributed by atoms with E-state index in [1.165, 1.54) is 4.68 Å². The molecule has 0 unspecified atom stereocenters. The van der Waals surface area contributed by atoms with Crippen LogP contribution < -0.4 is 0 Å². The Bertz CT molecular complexity index is 461. The molecule has 1 aromatic heterocycles. The minimum atomic E-state index is -0.886. The molecule has 7 heteroatoms. The van der Waals surface area contributed by atoms with E-state index >= 15 is 0 Å². The Morgan fingerprint density at radius 2 is 2.38 bits per heavy atom. The lowest BCUT2D eigenvalue weighted by atomic mass is 10.00. The molecule has 0 saturated heterocycles. The molecule has 7 nitrogen and oxygen atoms in total. The summed E-state index contributed by atoms with van der Waals surface area (Å²) in [5.41, 5.74) is -0.529. The zero-order valence-corrected chi connectivity index (χ0v) is 8.71. The molecule has 0 aliphatic heterocycles. The fourth-order valence-electron chi connectivity index (χ4n) is 1.75. The highest BCUT2D eigenvalue weighted by Crippen LogP contribution is 2.49. The molecule has 86 valence electrons. The quantitative estimate of drug-likeness (QED) is 0.601. The van der Waals surface area contributed by atoms with Crippen molar-refractivity contribution in [2.24, 2.45) is 12.5 Å². The average molecular weight is 225 g/mol. The summed E-state index contributed by atoms with van der Waals surface area (Å²) in [7, 11) is 1.58. The van der Waals surface area contributed by atoms with Gasteiger partial charge in [-0.2, -0.15) is 5.10 Å². The third-order valence-electron chi connectivity index (χ3n) is 3.05. The summed E-state index contributed by atoms with van der Waals surface area (Å²) in [6.45, 7) is 0. The largest absolute Gasteiger partial charge is 0.481 e. The number of nitro groups is 1. The summed E-state index contributed by atoms with van der Waals surface area (Å²) < 4.78 is 1.38. The number of carboxylic acids is 1. The topological polar surface area (TPSA) is 98.3 Å². The van der Waals surface area contributed by atoms with Crippen molar-refractivity contribution in [3.63, 3.8) is 0 Å². The van der Waals surface area contributed by atoms with Crippen molar-refractivity contribution in [2.45, 2.75) is 19.3 Å². The Morgan fingerprint density at radius 1 is 1.75 bits per heavy atom. The standard InChI is InChI=1S/C9H11N3O4/c1-11-6(7(5-10-11)12(15)16)4-9(2-3-9)8(13)14/h5H,2-4H2,1H3,(H,13,14). The lowest BCUT2D eigenvalue weighted by Gasteiger charge is -2.08. The van der Waals surface area contributed by atoms with E-state index in [0.717, 1.165) is 6.20 Å². The van der Waals surface area contributed by atoms with Gasteiger partial charge in [0.05, 0.1) is 10.3 Å². The van der Waals surface area contributed by atoms with Crippen LogP contribution in [0.15, 0.2) is 6.20 Å². The molecule has 0 amide bonds. The smallest absolute Gasteiger partial charge is 0.310 e. The Kier molecular flexibility index (Phi) is 2.18. The van der Waals surface area contributed by atoms with Gasteiger partial charge < -0.3 is 5.11 Å². The molecule has 0 radical (unpaired) electrons. The summed E-state index contributed by atoms with van der Waals surface area (Å²) in [6, 6.07) is 0. The third kappa shape index (κ3) is 1.54. The second-order valence-corrected chi connectivity index (χ2v) is 4.12. The number of aryl methyl sites for hydroxylation is 1. The van der Waals surface area contributed by atoms with Gasteiger partial charge in [-0.1, -0.05) is 0 Å². The van der Waals surface area contributed by atoms with Gasteiger partial charge in [0.2, 0.25) is 0 Å². The molecule has 0 aromatic carbocycles. The maximum Gasteiger partial charge on any atom is 0.310 e. The number of hydrogen-bond donors (Lipinski definition) is 1. The van der Waals surface area contributed by atoms with E-state index < -0.39 is 16.3 Å². The van der Waals surface area contributed by atoms with Crippen molar-refractivity contribution in [3.8, 4) is 0 Å². The Hall–Kier alpha value is -1.92. The summed E-state index contributed by atoms with van der Waals surface area (Å²) >= 11 is 0. The molecule has 16 heavy (non-hydrogen) atoms. The summed E-state index contributed by atoms with van der Waals surface area (Å²) in [4.78, 5) is 21.2. The fourth-order valence-corrected chi connectivity index (χ4v) is 1.75. The van der Waals surface area contributed by atoms with Crippen LogP contribution in [0.25, 0.3) is 0 Å². The van der Waals surface area contributed by atoms with Crippen LogP contribution in [0.2, 0.25) is 0 Å². The zero-order valence-electron chi connectivity index (χ0n) is 8.71. The lowest BCUT2D eigenvalue weighted by Crippen LogP contribution is -2.19. The molecule has 0 bridgehead atoms. The maximum absolute atomic E-state index is 11.0. The molecule has 1 aromatic rings. The van der Waals surface area contributed by atoms with Crippen molar-refractivity contribution < 1.29 is 14.8 Å². The van der Waals surface area contributed by atoms with Gasteiger partial charge in [0.25, 0.3) is 0 Å². The highest BCUT2D eigenvalue weighted by molar-refractivity contribution is 5.78. The Balaban J connectivity index is 2.31. The van der Waals surface area contributed by atoms with E-state index in [-0.39, 0.29) is 12.1 Å². The molecule has 1 aliphatic carbocycles. The van der Waals surface area contributed by atoms with Crippen LogP contribution >= 0.6 is 0 Å². The fraction of sp³-hybridized carbons (Fsp3) is 0.556. The second kappa shape index (κ2) is 3.29. The normalized spacial score (nSPS) is 17.1. The molecule has 0 spiro atoms. The molecule has 1 saturated carbocycles. The minimum absolute atomic E-state index is 0.102. The van der Waals surface area contributed by atoms with Crippen LogP contribution in [0, 0.1) is 15.5 Å². The first-order valence-electron chi connectivity index (χ1n) is 4.85. The SMILES string of the molecule is Cn1ncc([N+](=O)[O-])c1CC1(C(=O)O)CC1. The van der Waals surface area contributed by atoms with E-state index in [0.29, 0.717) is 18.5 Å². The first kappa shape index (κ1) is 10.6. The lowest BCUT2D eigenvalue weighted by molar-refractivity contribution is -0.385. The summed E-state index contributed by atoms with van der Waals surface area (Å²) in [5, 5.41) is 23.5. The maximum atomic E-state index is 11.0. The van der Waals surface area contributed by atoms with Gasteiger partial charge in [0, 0.05) is 13.5 Å². The first-order chi connectivity index (χ1) is 7.46. The van der Waals surface area contributed by atoms with E-state index in [2.05, 4.69) is 5.10 Å². The van der Waals surface area contributed by atoms with Crippen molar-refractivity contribution in [1.82, 2.24) is 9.78 Å². The van der Waals surface area contributed by atoms with Crippen molar-refractivity contribution in [3.05, 3.63) is 22.0 Å². The van der Waals surface area contributed by atoms with Gasteiger partial charge in [-0.25, -0.2) is 0 Å². The van der Waals surface area contributed by atoms with Crippen LogP contribution in [0.1, 0.15) is 18.5 Å². The predicted octanol–water partition coefficient (Wildman–Crippen LogP) is 0.736. The number of hydrogen-bond acceptors (Lipinski definition) is 4. The summed E-state index contributed by atoms with van der Waals surface area (Å²) in [6.07, 6.45) is 2.48. The average Bonchev–Trinajstić information content (AvgIpc) is 2.88. The monoisotopic (exact) mass is 225 g/mol. The summed E-state index contributed by atoms with van der Waals surface area (Å²) in [5.74, 6) is -0.886. The van der Waals surface area contributed by atoms with Crippen LogP contribution in [0.5, 0.6) is 0 Å². The molecular formula is C9H11N3O4. The van der Waals surface area contributed by atoms with Crippen LogP contribution in [0.4, 0.5) is 5.69 Å². The molecular weight excluding hydrogens is 214 g/mol. The van der Waals surface area contributed by atoms with Crippen molar-refractivity contribution in [2.75, 3.05) is 0 Å². The van der Waals surface area contributed by atoms with Gasteiger partial charge in [0.1, 0.15) is 11.9 Å². The molecule has 1 N–H and O–H groups in total. The van der Waals surface area contributed by atoms with Gasteiger partial charge in [-0.05, 0) is 12.8 Å². The third-order valence-corrected chi connectivity index (χ3v) is 3.05. The highest BCUT2D eigenvalue weighted by atomic mass is 16.6. The van der Waals surface area contributed by atoms with Crippen LogP contribution in [-0.4, -0.2) is 25.8 Å². The van der Waals surface area contributed by atoms with E-state index in [1.54, 1.807) is 7.05 Å². The molecule has 0 atom stereocenters. The Labute approximate surface area is 90.8 Å². The number of aliphatic carboxylic acids is 1. The van der Waals surface area contributed by atoms with E-state index in [9.17, 15) is 14.9 Å². The molecule has 1 aliphatic rings. The van der Waals surface area contributed by atoms with E-state index in [4.69, 9.17) is 5.11 Å². The molecule has 2 rings (SSSR count). The Morgan fingerprint density at radius 3 is 2.81 bits per heavy atom. The van der Waals surface area contributed by atoms with E-state index in [1.807, 2.05) is 0 Å². The van der Waals surface area contributed by atoms with Crippen molar-refractivity contribution >= 4 is 11.7 Å². The van der Waals surface area contributed by atoms with Gasteiger partial charge in [-0.15, -0.1) is 0 Å². The van der Waals surface area contributed by atoms with Gasteiger partial charge >= 0.3 is 11.7 Å². The van der Waals surface area contributed by atoms with Crippen LogP contribution in [0.3, 0.4) is 0 Å². The molecule has 1 fully saturated rings. The molecule has 1 heterocycles. The second-order valence-electron chi connectivity index (χ2n) is 4.12. The number of carboxylic acid groups (broad SMARTS) is 1. The minimum Gasteiger partial charge on any atom is -0.481 e. The van der Waals surface area contributed by atoms with Crippen LogP contribution in [-0.2, 0) is 18.3 Å². The number of aromatic nitrogens is 2. The zero-order chi connectivity index (χ0) is 11.9. The predicted molar refractivity (Wildman–Crippen MR) is 52.9 cm³/mol. The first-order valence-corrected chi connectivity index (χ1v) is 4.85. The van der Waals surface area contributed by atoms with Gasteiger partial charge in [-0.3, -0.25) is 19.6 Å². The van der Waals surface area contributed by atoms with Gasteiger partial charge in [0.15, 0.2) is 0 Å². The number of carbonyl (C=O) groups is 1. The van der Waals surface area contributed by atoms with Crippen molar-refractivity contribution in [1.29, 1.82) is 0 Å².